The number of primary amides is 1. The number of hydrogen-bond acceptors (Lipinski definition) is 3. The van der Waals surface area contributed by atoms with E-state index in [4.69, 9.17) is 5.73 Å². The molecule has 0 unspecified atom stereocenters. The number of nitrogens with two attached hydrogens (primary N) is 1. The summed E-state index contributed by atoms with van der Waals surface area (Å²) in [5, 5.41) is 4.75. The Morgan fingerprint density at radius 1 is 1.00 bits per heavy atom. The van der Waals surface area contributed by atoms with Gasteiger partial charge in [0.05, 0.1) is 5.56 Å². The number of halogens is 1. The molecule has 120 valence electrons. The molecule has 2 rings (SSSR count). The smallest absolute Gasteiger partial charge is 0.326 e. The van der Waals surface area contributed by atoms with Gasteiger partial charge in [-0.25, -0.2) is 4.79 Å². The minimum atomic E-state index is -0.606. The summed E-state index contributed by atoms with van der Waals surface area (Å²) >= 11 is 0. The molecule has 0 fully saturated rings. The van der Waals surface area contributed by atoms with Crippen LogP contribution in [0.3, 0.4) is 0 Å². The second-order valence-electron chi connectivity index (χ2n) is 4.49. The predicted octanol–water partition coefficient (Wildman–Crippen LogP) is -2.57. The third-order valence-electron chi connectivity index (χ3n) is 2.79. The van der Waals surface area contributed by atoms with Crippen LogP contribution in [0.15, 0.2) is 54.9 Å². The van der Waals surface area contributed by atoms with E-state index in [1.54, 1.807) is 24.3 Å². The van der Waals surface area contributed by atoms with Gasteiger partial charge in [-0.3, -0.25) is 14.9 Å². The minimum absolute atomic E-state index is 0. The number of imide groups is 1. The summed E-state index contributed by atoms with van der Waals surface area (Å²) in [6, 6.07) is 11.2. The van der Waals surface area contributed by atoms with Crippen LogP contribution >= 0.6 is 0 Å². The summed E-state index contributed by atoms with van der Waals surface area (Å²) in [7, 11) is 0. The Morgan fingerprint density at radius 2 is 1.61 bits per heavy atom. The van der Waals surface area contributed by atoms with Crippen LogP contribution in [0.5, 0.6) is 0 Å². The van der Waals surface area contributed by atoms with Gasteiger partial charge in [0.25, 0.3) is 5.91 Å². The average Bonchev–Trinajstić information content (AvgIpc) is 2.48. The van der Waals surface area contributed by atoms with E-state index in [1.165, 1.54) is 29.1 Å². The van der Waals surface area contributed by atoms with Crippen molar-refractivity contribution in [2.75, 3.05) is 5.32 Å². The number of hydrogen-bond donors (Lipinski definition) is 3. The summed E-state index contributed by atoms with van der Waals surface area (Å²) in [6.45, 7) is -0.0543. The highest BCUT2D eigenvalue weighted by Gasteiger charge is 2.13. The zero-order valence-electron chi connectivity index (χ0n) is 12.0. The molecule has 0 saturated heterocycles. The summed E-state index contributed by atoms with van der Waals surface area (Å²) in [5.41, 5.74) is 6.06. The van der Waals surface area contributed by atoms with Crippen molar-refractivity contribution < 1.29 is 31.4 Å². The average molecular weight is 335 g/mol. The largest absolute Gasteiger partial charge is 1.00 e. The van der Waals surface area contributed by atoms with Crippen molar-refractivity contribution >= 4 is 23.5 Å². The van der Waals surface area contributed by atoms with Gasteiger partial charge in [0.15, 0.2) is 12.4 Å². The minimum Gasteiger partial charge on any atom is -1.00 e. The number of aromatic nitrogens is 1. The molecule has 0 aliphatic heterocycles. The van der Waals surface area contributed by atoms with Crippen molar-refractivity contribution in [3.8, 4) is 0 Å². The fourth-order valence-electron chi connectivity index (χ4n) is 1.74. The van der Waals surface area contributed by atoms with Crippen LogP contribution in [0.2, 0.25) is 0 Å². The first-order valence-corrected chi connectivity index (χ1v) is 6.49. The second kappa shape index (κ2) is 8.50. The van der Waals surface area contributed by atoms with Crippen molar-refractivity contribution in [1.29, 1.82) is 0 Å². The maximum atomic E-state index is 11.7. The maximum Gasteiger partial charge on any atom is 0.326 e. The van der Waals surface area contributed by atoms with Crippen molar-refractivity contribution in [3.63, 3.8) is 0 Å². The van der Waals surface area contributed by atoms with Gasteiger partial charge in [-0.15, -0.1) is 0 Å². The summed E-state index contributed by atoms with van der Waals surface area (Å²) < 4.78 is 1.53. The molecule has 0 aliphatic carbocycles. The number of urea groups is 1. The highest BCUT2D eigenvalue weighted by atomic mass is 35.5. The molecule has 0 aliphatic rings. The van der Waals surface area contributed by atoms with E-state index in [-0.39, 0.29) is 19.0 Å². The Kier molecular flexibility index (Phi) is 6.69. The number of carbonyl (C=O) groups excluding carboxylic acids is 3. The van der Waals surface area contributed by atoms with Crippen LogP contribution in [-0.4, -0.2) is 17.8 Å². The van der Waals surface area contributed by atoms with Crippen LogP contribution in [0, 0.1) is 0 Å². The van der Waals surface area contributed by atoms with E-state index < -0.39 is 17.8 Å². The lowest BCUT2D eigenvalue weighted by Gasteiger charge is -2.05. The molecule has 7 nitrogen and oxygen atoms in total. The van der Waals surface area contributed by atoms with Gasteiger partial charge < -0.3 is 23.5 Å². The number of para-hydroxylation sites is 1. The van der Waals surface area contributed by atoms with Crippen molar-refractivity contribution in [2.24, 2.45) is 5.73 Å². The first-order chi connectivity index (χ1) is 10.5. The Hall–Kier alpha value is -2.93. The van der Waals surface area contributed by atoms with E-state index >= 15 is 0 Å². The zero-order chi connectivity index (χ0) is 15.9. The summed E-state index contributed by atoms with van der Waals surface area (Å²) in [5.74, 6) is -1.02. The van der Waals surface area contributed by atoms with Gasteiger partial charge in [-0.1, -0.05) is 18.2 Å². The fourth-order valence-corrected chi connectivity index (χ4v) is 1.74. The van der Waals surface area contributed by atoms with Crippen LogP contribution in [0.1, 0.15) is 10.4 Å². The molecule has 0 spiro atoms. The van der Waals surface area contributed by atoms with Crippen molar-refractivity contribution in [1.82, 2.24) is 5.32 Å². The summed E-state index contributed by atoms with van der Waals surface area (Å²) in [4.78, 5) is 34.3. The van der Waals surface area contributed by atoms with E-state index in [9.17, 15) is 14.4 Å². The molecule has 0 atom stereocenters. The second-order valence-corrected chi connectivity index (χ2v) is 4.49. The standard InChI is InChI=1S/C15H14N4O3.ClH/c16-14(21)11-6-8-19(9-7-11)10-13(20)18-15(22)17-12-4-2-1-3-5-12;/h1-9H,10H2,(H3-,16,17,18,20,21,22);1H. The Bertz CT molecular complexity index is 690. The van der Waals surface area contributed by atoms with Gasteiger partial charge in [0, 0.05) is 17.8 Å². The predicted molar refractivity (Wildman–Crippen MR) is 78.8 cm³/mol. The molecule has 0 saturated carbocycles. The SMILES string of the molecule is NC(=O)c1cc[n+](CC(=O)NC(=O)Nc2ccccc2)cc1.[Cl-]. The fraction of sp³-hybridized carbons (Fsp3) is 0.0667. The highest BCUT2D eigenvalue weighted by molar-refractivity contribution is 6.00. The zero-order valence-corrected chi connectivity index (χ0v) is 12.8. The molecular weight excluding hydrogens is 320 g/mol. The molecule has 2 aromatic rings. The molecule has 1 aromatic carbocycles. The molecule has 4 N–H and O–H groups in total. The van der Waals surface area contributed by atoms with Gasteiger partial charge >= 0.3 is 6.03 Å². The molecular formula is C15H15ClN4O3. The van der Waals surface area contributed by atoms with Crippen LogP contribution < -0.4 is 33.3 Å². The quantitative estimate of drug-likeness (QED) is 0.535. The van der Waals surface area contributed by atoms with Crippen LogP contribution in [-0.2, 0) is 11.3 Å². The molecule has 8 heteroatoms. The van der Waals surface area contributed by atoms with Gasteiger partial charge in [0.1, 0.15) is 0 Å². The number of benzene rings is 1. The number of rotatable bonds is 4. The van der Waals surface area contributed by atoms with Crippen molar-refractivity contribution in [2.45, 2.75) is 6.54 Å². The molecule has 23 heavy (non-hydrogen) atoms. The lowest BCUT2D eigenvalue weighted by atomic mass is 10.2. The Labute approximate surface area is 138 Å². The summed E-state index contributed by atoms with van der Waals surface area (Å²) in [6.07, 6.45) is 3.07. The monoisotopic (exact) mass is 334 g/mol. The number of carbonyl (C=O) groups is 3. The van der Waals surface area contributed by atoms with Gasteiger partial charge in [-0.2, -0.15) is 4.57 Å². The number of nitrogens with zero attached hydrogens (tertiary/aromatic N) is 1. The van der Waals surface area contributed by atoms with Crippen LogP contribution in [0.25, 0.3) is 0 Å². The molecule has 0 bridgehead atoms. The van der Waals surface area contributed by atoms with E-state index in [1.807, 2.05) is 6.07 Å². The Morgan fingerprint density at radius 3 is 2.17 bits per heavy atom. The molecule has 1 aromatic heterocycles. The molecule has 1 heterocycles. The normalized spacial score (nSPS) is 9.39. The molecule has 0 radical (unpaired) electrons. The first kappa shape index (κ1) is 18.1. The number of amides is 4. The lowest BCUT2D eigenvalue weighted by Crippen LogP contribution is -3.00. The number of nitrogens with one attached hydrogen (secondary N) is 2. The van der Waals surface area contributed by atoms with Crippen molar-refractivity contribution in [3.05, 3.63) is 60.4 Å². The highest BCUT2D eigenvalue weighted by Crippen LogP contribution is 2.03. The van der Waals surface area contributed by atoms with Crippen LogP contribution in [0.4, 0.5) is 10.5 Å². The van der Waals surface area contributed by atoms with E-state index in [0.717, 1.165) is 0 Å². The van der Waals surface area contributed by atoms with Gasteiger partial charge in [-0.05, 0) is 12.1 Å². The number of anilines is 1. The third kappa shape index (κ3) is 5.76. The lowest BCUT2D eigenvalue weighted by molar-refractivity contribution is -0.684. The number of pyridine rings is 1. The maximum absolute atomic E-state index is 11.7. The Balaban J connectivity index is 0.00000264. The van der Waals surface area contributed by atoms with Gasteiger partial charge in [0.2, 0.25) is 12.5 Å². The first-order valence-electron chi connectivity index (χ1n) is 6.49. The molecule has 4 amide bonds. The van der Waals surface area contributed by atoms with E-state index in [0.29, 0.717) is 11.3 Å². The topological polar surface area (TPSA) is 105 Å². The van der Waals surface area contributed by atoms with E-state index in [2.05, 4.69) is 10.6 Å². The third-order valence-corrected chi connectivity index (χ3v) is 2.79.